The van der Waals surface area contributed by atoms with Gasteiger partial charge in [0, 0.05) is 25.8 Å². The molecule has 0 aliphatic carbocycles. The van der Waals surface area contributed by atoms with Crippen molar-refractivity contribution in [1.29, 1.82) is 0 Å². The first-order valence-corrected chi connectivity index (χ1v) is 5.87. The van der Waals surface area contributed by atoms with E-state index >= 15 is 0 Å². The fraction of sp³-hybridized carbons (Fsp3) is 0.143. The smallest absolute Gasteiger partial charge is 0.346 e. The molecule has 0 aliphatic heterocycles. The second kappa shape index (κ2) is 5.56. The summed E-state index contributed by atoms with van der Waals surface area (Å²) in [6.45, 7) is 0. The molecule has 0 aliphatic rings. The number of nitro groups is 1. The number of benzene rings is 2. The van der Waals surface area contributed by atoms with Crippen molar-refractivity contribution in [1.82, 2.24) is 0 Å². The topological polar surface area (TPSA) is 55.6 Å². The number of hydrogen-bond acceptors (Lipinski definition) is 4. The van der Waals surface area contributed by atoms with Crippen LogP contribution in [0, 0.1) is 15.9 Å². The zero-order valence-electron chi connectivity index (χ0n) is 11.0. The van der Waals surface area contributed by atoms with Crippen molar-refractivity contribution in [3.05, 3.63) is 58.4 Å². The molecular formula is C14H13FN2O3. The Morgan fingerprint density at radius 3 is 2.55 bits per heavy atom. The quantitative estimate of drug-likeness (QED) is 0.632. The van der Waals surface area contributed by atoms with Gasteiger partial charge in [0.2, 0.25) is 11.6 Å². The van der Waals surface area contributed by atoms with Crippen LogP contribution in [0.1, 0.15) is 0 Å². The Bertz CT molecular complexity index is 644. The van der Waals surface area contributed by atoms with Crippen molar-refractivity contribution >= 4 is 11.4 Å². The summed E-state index contributed by atoms with van der Waals surface area (Å²) in [6, 6.07) is 10.8. The van der Waals surface area contributed by atoms with E-state index in [1.54, 1.807) is 18.2 Å². The molecule has 0 atom stereocenters. The molecule has 0 unspecified atom stereocenters. The van der Waals surface area contributed by atoms with Gasteiger partial charge in [0.15, 0.2) is 0 Å². The number of nitro benzene ring substituents is 1. The van der Waals surface area contributed by atoms with Gasteiger partial charge in [-0.05, 0) is 24.3 Å². The van der Waals surface area contributed by atoms with Crippen molar-refractivity contribution in [2.45, 2.75) is 0 Å². The van der Waals surface area contributed by atoms with Crippen molar-refractivity contribution in [3.8, 4) is 11.5 Å². The molecule has 2 aromatic rings. The zero-order chi connectivity index (χ0) is 14.7. The highest BCUT2D eigenvalue weighted by atomic mass is 19.1. The fourth-order valence-electron chi connectivity index (χ4n) is 1.71. The molecule has 0 saturated heterocycles. The largest absolute Gasteiger partial charge is 0.450 e. The van der Waals surface area contributed by atoms with Crippen LogP contribution in [0.5, 0.6) is 11.5 Å². The molecule has 0 radical (unpaired) electrons. The second-order valence-electron chi connectivity index (χ2n) is 4.34. The van der Waals surface area contributed by atoms with Gasteiger partial charge in [-0.2, -0.15) is 4.39 Å². The van der Waals surface area contributed by atoms with Crippen LogP contribution in [0.25, 0.3) is 0 Å². The summed E-state index contributed by atoms with van der Waals surface area (Å²) in [5.74, 6) is -0.632. The summed E-state index contributed by atoms with van der Waals surface area (Å²) in [4.78, 5) is 12.0. The third-order valence-corrected chi connectivity index (χ3v) is 2.69. The van der Waals surface area contributed by atoms with E-state index in [9.17, 15) is 14.5 Å². The number of nitrogens with zero attached hydrogens (tertiary/aromatic N) is 2. The minimum absolute atomic E-state index is 0.120. The second-order valence-corrected chi connectivity index (χ2v) is 4.34. The van der Waals surface area contributed by atoms with Gasteiger partial charge in [0.25, 0.3) is 0 Å². The van der Waals surface area contributed by atoms with E-state index in [4.69, 9.17) is 4.74 Å². The van der Waals surface area contributed by atoms with Crippen LogP contribution in [0.2, 0.25) is 0 Å². The summed E-state index contributed by atoms with van der Waals surface area (Å²) >= 11 is 0. The number of anilines is 1. The maximum atomic E-state index is 13.5. The molecule has 0 spiro atoms. The van der Waals surface area contributed by atoms with E-state index in [0.29, 0.717) is 5.75 Å². The van der Waals surface area contributed by atoms with Crippen molar-refractivity contribution < 1.29 is 14.1 Å². The molecule has 0 aromatic heterocycles. The molecule has 2 aromatic carbocycles. The van der Waals surface area contributed by atoms with E-state index in [-0.39, 0.29) is 5.75 Å². The molecule has 0 N–H and O–H groups in total. The molecule has 20 heavy (non-hydrogen) atoms. The van der Waals surface area contributed by atoms with E-state index in [2.05, 4.69) is 0 Å². The van der Waals surface area contributed by atoms with Crippen molar-refractivity contribution in [2.24, 2.45) is 0 Å². The highest BCUT2D eigenvalue weighted by molar-refractivity contribution is 5.53. The first-order chi connectivity index (χ1) is 9.49. The van der Waals surface area contributed by atoms with Gasteiger partial charge in [-0.1, -0.05) is 12.1 Å². The normalized spacial score (nSPS) is 10.2. The molecule has 6 heteroatoms. The fourth-order valence-corrected chi connectivity index (χ4v) is 1.71. The van der Waals surface area contributed by atoms with Gasteiger partial charge in [-0.3, -0.25) is 10.1 Å². The van der Waals surface area contributed by atoms with E-state index < -0.39 is 16.4 Å². The summed E-state index contributed by atoms with van der Waals surface area (Å²) in [7, 11) is 3.73. The first-order valence-electron chi connectivity index (χ1n) is 5.87. The molecule has 0 amide bonds. The Morgan fingerprint density at radius 1 is 1.20 bits per heavy atom. The van der Waals surface area contributed by atoms with Crippen LogP contribution in [0.15, 0.2) is 42.5 Å². The van der Waals surface area contributed by atoms with Crippen molar-refractivity contribution in [3.63, 3.8) is 0 Å². The molecular weight excluding hydrogens is 263 g/mol. The van der Waals surface area contributed by atoms with Crippen LogP contribution < -0.4 is 9.64 Å². The van der Waals surface area contributed by atoms with Gasteiger partial charge in [-0.25, -0.2) is 0 Å². The SMILES string of the molecule is CN(C)c1cccc(Oc2cccc(F)c2[N+](=O)[O-])c1. The van der Waals surface area contributed by atoms with E-state index in [1.165, 1.54) is 12.1 Å². The van der Waals surface area contributed by atoms with Crippen LogP contribution in [0.4, 0.5) is 15.8 Å². The maximum absolute atomic E-state index is 13.5. The lowest BCUT2D eigenvalue weighted by atomic mass is 10.2. The number of rotatable bonds is 4. The van der Waals surface area contributed by atoms with Crippen LogP contribution in [0.3, 0.4) is 0 Å². The summed E-state index contributed by atoms with van der Waals surface area (Å²) < 4.78 is 18.9. The monoisotopic (exact) mass is 276 g/mol. The van der Waals surface area contributed by atoms with Gasteiger partial charge in [0.1, 0.15) is 5.75 Å². The molecule has 0 heterocycles. The first kappa shape index (κ1) is 13.8. The molecule has 0 saturated carbocycles. The predicted octanol–water partition coefficient (Wildman–Crippen LogP) is 3.59. The molecule has 0 bridgehead atoms. The van der Waals surface area contributed by atoms with Crippen LogP contribution in [-0.4, -0.2) is 19.0 Å². The lowest BCUT2D eigenvalue weighted by molar-refractivity contribution is -0.388. The Kier molecular flexibility index (Phi) is 3.84. The standard InChI is InChI=1S/C14H13FN2O3/c1-16(2)10-5-3-6-11(9-10)20-13-8-4-7-12(15)14(13)17(18)19/h3-9H,1-2H3. The number of halogens is 1. The molecule has 0 fully saturated rings. The third-order valence-electron chi connectivity index (χ3n) is 2.69. The summed E-state index contributed by atoms with van der Waals surface area (Å²) in [5, 5.41) is 10.9. The van der Waals surface area contributed by atoms with Crippen LogP contribution in [-0.2, 0) is 0 Å². The predicted molar refractivity (Wildman–Crippen MR) is 73.9 cm³/mol. The van der Waals surface area contributed by atoms with Gasteiger partial charge >= 0.3 is 5.69 Å². The average molecular weight is 276 g/mol. The van der Waals surface area contributed by atoms with E-state index in [0.717, 1.165) is 11.8 Å². The highest BCUT2D eigenvalue weighted by Crippen LogP contribution is 2.34. The zero-order valence-corrected chi connectivity index (χ0v) is 11.0. The van der Waals surface area contributed by atoms with E-state index in [1.807, 2.05) is 25.1 Å². The maximum Gasteiger partial charge on any atom is 0.346 e. The number of ether oxygens (including phenoxy) is 1. The number of hydrogen-bond donors (Lipinski definition) is 0. The lowest BCUT2D eigenvalue weighted by Gasteiger charge is -2.14. The summed E-state index contributed by atoms with van der Waals surface area (Å²) in [6.07, 6.45) is 0. The Balaban J connectivity index is 2.38. The third kappa shape index (κ3) is 2.85. The summed E-state index contributed by atoms with van der Waals surface area (Å²) in [5.41, 5.74) is 0.212. The minimum atomic E-state index is -0.920. The minimum Gasteiger partial charge on any atom is -0.450 e. The average Bonchev–Trinajstić information content (AvgIpc) is 2.38. The Labute approximate surface area is 115 Å². The lowest BCUT2D eigenvalue weighted by Crippen LogP contribution is -2.08. The van der Waals surface area contributed by atoms with Gasteiger partial charge < -0.3 is 9.64 Å². The Morgan fingerprint density at radius 2 is 1.90 bits per heavy atom. The van der Waals surface area contributed by atoms with Gasteiger partial charge in [0.05, 0.1) is 4.92 Å². The number of para-hydroxylation sites is 1. The van der Waals surface area contributed by atoms with Crippen molar-refractivity contribution in [2.75, 3.05) is 19.0 Å². The molecule has 104 valence electrons. The van der Waals surface area contributed by atoms with Crippen LogP contribution >= 0.6 is 0 Å². The molecule has 2 rings (SSSR count). The van der Waals surface area contributed by atoms with Gasteiger partial charge in [-0.15, -0.1) is 0 Å². The molecule has 5 nitrogen and oxygen atoms in total. The Hall–Kier alpha value is -2.63. The highest BCUT2D eigenvalue weighted by Gasteiger charge is 2.21.